The molecule has 0 fully saturated rings. The number of benzene rings is 1. The smallest absolute Gasteiger partial charge is 0.219 e. The number of nitrogens with two attached hydrogens (primary N) is 1. The summed E-state index contributed by atoms with van der Waals surface area (Å²) in [6.07, 6.45) is 1.79. The molecule has 0 unspecified atom stereocenters. The van der Waals surface area contributed by atoms with Crippen molar-refractivity contribution in [3.63, 3.8) is 0 Å². The lowest BCUT2D eigenvalue weighted by Gasteiger charge is -2.01. The first-order valence-corrected chi connectivity index (χ1v) is 8.00. The van der Waals surface area contributed by atoms with Gasteiger partial charge in [-0.1, -0.05) is 33.3 Å². The molecular formula is C10H13NOS3. The largest absolute Gasteiger partial charge is 0.330 e. The highest BCUT2D eigenvalue weighted by atomic mass is 33.1. The standard InChI is InChI=1S/C10H13NOS3/c1-13-10(12)8-2-4-9(5-3-8)15-14-7-6-11/h2-5H,6-7,11H2,1H3. The van der Waals surface area contributed by atoms with E-state index in [9.17, 15) is 4.79 Å². The third-order valence-electron chi connectivity index (χ3n) is 1.63. The van der Waals surface area contributed by atoms with Crippen LogP contribution in [0, 0.1) is 0 Å². The predicted molar refractivity (Wildman–Crippen MR) is 71.7 cm³/mol. The lowest BCUT2D eigenvalue weighted by Crippen LogP contribution is -1.99. The molecule has 1 aromatic rings. The summed E-state index contributed by atoms with van der Waals surface area (Å²) < 4.78 is 0. The minimum atomic E-state index is 0.112. The Morgan fingerprint density at radius 1 is 1.33 bits per heavy atom. The van der Waals surface area contributed by atoms with E-state index in [1.807, 2.05) is 24.3 Å². The van der Waals surface area contributed by atoms with Crippen molar-refractivity contribution in [2.75, 3.05) is 18.6 Å². The van der Waals surface area contributed by atoms with Gasteiger partial charge in [0.15, 0.2) is 0 Å². The molecule has 15 heavy (non-hydrogen) atoms. The highest BCUT2D eigenvalue weighted by Gasteiger charge is 2.03. The molecule has 0 atom stereocenters. The Hall–Kier alpha value is -0.100. The maximum absolute atomic E-state index is 11.3. The molecule has 2 N–H and O–H groups in total. The predicted octanol–water partition coefficient (Wildman–Crippen LogP) is 2.89. The van der Waals surface area contributed by atoms with E-state index in [4.69, 9.17) is 5.73 Å². The van der Waals surface area contributed by atoms with Crippen LogP contribution in [0.3, 0.4) is 0 Å². The van der Waals surface area contributed by atoms with Crippen molar-refractivity contribution in [2.45, 2.75) is 4.90 Å². The molecule has 5 heteroatoms. The normalized spacial score (nSPS) is 10.3. The van der Waals surface area contributed by atoms with Crippen LogP contribution in [-0.2, 0) is 0 Å². The van der Waals surface area contributed by atoms with Gasteiger partial charge >= 0.3 is 0 Å². The van der Waals surface area contributed by atoms with Crippen molar-refractivity contribution >= 4 is 38.5 Å². The zero-order chi connectivity index (χ0) is 11.1. The summed E-state index contributed by atoms with van der Waals surface area (Å²) in [7, 11) is 3.42. The van der Waals surface area contributed by atoms with Crippen molar-refractivity contribution in [3.8, 4) is 0 Å². The summed E-state index contributed by atoms with van der Waals surface area (Å²) in [5, 5.41) is 0.112. The summed E-state index contributed by atoms with van der Waals surface area (Å²) in [6, 6.07) is 7.67. The van der Waals surface area contributed by atoms with Gasteiger partial charge in [0.1, 0.15) is 0 Å². The summed E-state index contributed by atoms with van der Waals surface area (Å²) in [5.74, 6) is 0.941. The molecule has 0 aliphatic carbocycles. The summed E-state index contributed by atoms with van der Waals surface area (Å²) >= 11 is 1.24. The maximum atomic E-state index is 11.3. The van der Waals surface area contributed by atoms with E-state index in [0.29, 0.717) is 6.54 Å². The molecule has 0 aliphatic rings. The molecule has 0 bridgehead atoms. The van der Waals surface area contributed by atoms with Gasteiger partial charge in [-0.15, -0.1) is 0 Å². The van der Waals surface area contributed by atoms with E-state index in [1.165, 1.54) is 11.8 Å². The quantitative estimate of drug-likeness (QED) is 0.650. The minimum Gasteiger partial charge on any atom is -0.330 e. The molecule has 0 saturated heterocycles. The second kappa shape index (κ2) is 7.22. The number of rotatable bonds is 5. The van der Waals surface area contributed by atoms with E-state index in [1.54, 1.807) is 27.8 Å². The SMILES string of the molecule is CSC(=O)c1ccc(SSCCN)cc1. The van der Waals surface area contributed by atoms with Gasteiger partial charge in [0.05, 0.1) is 0 Å². The molecule has 82 valence electrons. The van der Waals surface area contributed by atoms with Gasteiger partial charge in [0.2, 0.25) is 5.12 Å². The van der Waals surface area contributed by atoms with Crippen molar-refractivity contribution < 1.29 is 4.79 Å². The van der Waals surface area contributed by atoms with Crippen LogP contribution in [0.15, 0.2) is 29.2 Å². The number of hydrogen-bond donors (Lipinski definition) is 1. The summed E-state index contributed by atoms with van der Waals surface area (Å²) in [6.45, 7) is 0.695. The molecule has 0 amide bonds. The average Bonchev–Trinajstić information content (AvgIpc) is 2.29. The third-order valence-corrected chi connectivity index (χ3v) is 4.65. The Bertz CT molecular complexity index is 313. The Kier molecular flexibility index (Phi) is 6.24. The molecule has 0 radical (unpaired) electrons. The van der Waals surface area contributed by atoms with Crippen LogP contribution < -0.4 is 5.73 Å². The maximum Gasteiger partial charge on any atom is 0.219 e. The van der Waals surface area contributed by atoms with Crippen molar-refractivity contribution in [2.24, 2.45) is 5.73 Å². The van der Waals surface area contributed by atoms with Crippen LogP contribution in [0.1, 0.15) is 10.4 Å². The second-order valence-electron chi connectivity index (χ2n) is 2.71. The van der Waals surface area contributed by atoms with Gasteiger partial charge < -0.3 is 5.73 Å². The molecule has 0 heterocycles. The van der Waals surface area contributed by atoms with Gasteiger partial charge in [-0.05, 0) is 30.5 Å². The highest BCUT2D eigenvalue weighted by Crippen LogP contribution is 2.30. The molecular weight excluding hydrogens is 246 g/mol. The monoisotopic (exact) mass is 259 g/mol. The number of thioether (sulfide) groups is 1. The topological polar surface area (TPSA) is 43.1 Å². The molecule has 0 saturated carbocycles. The Labute approximate surface area is 102 Å². The van der Waals surface area contributed by atoms with E-state index in [2.05, 4.69) is 0 Å². The van der Waals surface area contributed by atoms with Gasteiger partial charge in [0.25, 0.3) is 0 Å². The van der Waals surface area contributed by atoms with Gasteiger partial charge in [-0.25, -0.2) is 0 Å². The molecule has 0 spiro atoms. The Morgan fingerprint density at radius 2 is 2.00 bits per heavy atom. The van der Waals surface area contributed by atoms with Crippen LogP contribution in [0.5, 0.6) is 0 Å². The molecule has 1 rings (SSSR count). The number of carbonyl (C=O) groups excluding carboxylic acids is 1. The second-order valence-corrected chi connectivity index (χ2v) is 5.98. The van der Waals surface area contributed by atoms with E-state index in [0.717, 1.165) is 16.2 Å². The van der Waals surface area contributed by atoms with Crippen molar-refractivity contribution in [1.29, 1.82) is 0 Å². The van der Waals surface area contributed by atoms with Crippen molar-refractivity contribution in [3.05, 3.63) is 29.8 Å². The number of carbonyl (C=O) groups is 1. The molecule has 0 aliphatic heterocycles. The highest BCUT2D eigenvalue weighted by molar-refractivity contribution is 8.76. The molecule has 0 aromatic heterocycles. The summed E-state index contributed by atoms with van der Waals surface area (Å²) in [4.78, 5) is 12.5. The summed E-state index contributed by atoms with van der Waals surface area (Å²) in [5.41, 5.74) is 6.15. The van der Waals surface area contributed by atoms with E-state index in [-0.39, 0.29) is 5.12 Å². The first-order chi connectivity index (χ1) is 7.27. The van der Waals surface area contributed by atoms with Crippen LogP contribution in [-0.4, -0.2) is 23.7 Å². The fourth-order valence-corrected chi connectivity index (χ4v) is 3.14. The van der Waals surface area contributed by atoms with Crippen molar-refractivity contribution in [1.82, 2.24) is 0 Å². The fraction of sp³-hybridized carbons (Fsp3) is 0.300. The Balaban J connectivity index is 2.52. The third kappa shape index (κ3) is 4.51. The van der Waals surface area contributed by atoms with Gasteiger partial charge in [0, 0.05) is 22.8 Å². The number of hydrogen-bond acceptors (Lipinski definition) is 5. The van der Waals surface area contributed by atoms with Gasteiger partial charge in [-0.2, -0.15) is 0 Å². The van der Waals surface area contributed by atoms with Crippen LogP contribution >= 0.6 is 33.3 Å². The lowest BCUT2D eigenvalue weighted by molar-refractivity contribution is 0.108. The minimum absolute atomic E-state index is 0.112. The van der Waals surface area contributed by atoms with Gasteiger partial charge in [-0.3, -0.25) is 4.79 Å². The molecule has 2 nitrogen and oxygen atoms in total. The van der Waals surface area contributed by atoms with Crippen LogP contribution in [0.2, 0.25) is 0 Å². The first-order valence-electron chi connectivity index (χ1n) is 4.46. The van der Waals surface area contributed by atoms with Crippen LogP contribution in [0.4, 0.5) is 0 Å². The Morgan fingerprint density at radius 3 is 2.53 bits per heavy atom. The first kappa shape index (κ1) is 13.0. The van der Waals surface area contributed by atoms with Crippen LogP contribution in [0.25, 0.3) is 0 Å². The average molecular weight is 259 g/mol. The zero-order valence-corrected chi connectivity index (χ0v) is 10.9. The zero-order valence-electron chi connectivity index (χ0n) is 8.43. The lowest BCUT2D eigenvalue weighted by atomic mass is 10.2. The van der Waals surface area contributed by atoms with E-state index < -0.39 is 0 Å². The van der Waals surface area contributed by atoms with E-state index >= 15 is 0 Å². The molecule has 1 aromatic carbocycles. The fourth-order valence-electron chi connectivity index (χ4n) is 0.922.